The lowest BCUT2D eigenvalue weighted by atomic mass is 10.1. The molecule has 2 aromatic carbocycles. The molecule has 24 heavy (non-hydrogen) atoms. The molecule has 0 aliphatic heterocycles. The Bertz CT molecular complexity index is 860. The normalized spacial score (nSPS) is 11.5. The lowest BCUT2D eigenvalue weighted by molar-refractivity contribution is 0.866. The summed E-state index contributed by atoms with van der Waals surface area (Å²) < 4.78 is 0. The van der Waals surface area contributed by atoms with E-state index in [0.29, 0.717) is 11.4 Å². The third-order valence-electron chi connectivity index (χ3n) is 4.10. The summed E-state index contributed by atoms with van der Waals surface area (Å²) >= 11 is 0. The van der Waals surface area contributed by atoms with Gasteiger partial charge >= 0.3 is 0 Å². The summed E-state index contributed by atoms with van der Waals surface area (Å²) in [6.45, 7) is 6.25. The minimum absolute atomic E-state index is 0.529. The van der Waals surface area contributed by atoms with E-state index >= 15 is 0 Å². The zero-order valence-corrected chi connectivity index (χ0v) is 14.0. The SMILES string of the molecule is CCN(CC)c1ccc(/C=C(/C#N)c2nc3ccccc3[nH]2)cc1. The highest BCUT2D eigenvalue weighted by Crippen LogP contribution is 2.21. The highest BCUT2D eigenvalue weighted by atomic mass is 15.1. The molecule has 4 nitrogen and oxygen atoms in total. The van der Waals surface area contributed by atoms with E-state index in [1.54, 1.807) is 0 Å². The first-order valence-electron chi connectivity index (χ1n) is 8.17. The number of nitriles is 1. The predicted molar refractivity (Wildman–Crippen MR) is 99.6 cm³/mol. The van der Waals surface area contributed by atoms with Gasteiger partial charge in [0.2, 0.25) is 0 Å². The number of hydrogen-bond donors (Lipinski definition) is 1. The Hall–Kier alpha value is -3.06. The fourth-order valence-electron chi connectivity index (χ4n) is 2.77. The molecule has 1 heterocycles. The van der Waals surface area contributed by atoms with E-state index in [0.717, 1.165) is 29.7 Å². The maximum absolute atomic E-state index is 9.50. The number of allylic oxidation sites excluding steroid dienone is 1. The summed E-state index contributed by atoms with van der Waals surface area (Å²) in [5, 5.41) is 9.50. The number of imidazole rings is 1. The number of rotatable bonds is 5. The predicted octanol–water partition coefficient (Wildman–Crippen LogP) is 4.47. The molecule has 1 N–H and O–H groups in total. The molecule has 0 atom stereocenters. The monoisotopic (exact) mass is 316 g/mol. The van der Waals surface area contributed by atoms with Crippen molar-refractivity contribution in [2.75, 3.05) is 18.0 Å². The highest BCUT2D eigenvalue weighted by molar-refractivity contribution is 5.90. The van der Waals surface area contributed by atoms with Crippen LogP contribution in [-0.2, 0) is 0 Å². The third kappa shape index (κ3) is 3.16. The van der Waals surface area contributed by atoms with Crippen LogP contribution in [0.4, 0.5) is 5.69 Å². The van der Waals surface area contributed by atoms with Gasteiger partial charge in [0.1, 0.15) is 11.9 Å². The first kappa shape index (κ1) is 15.8. The Balaban J connectivity index is 1.91. The molecule has 0 bridgehead atoms. The number of aromatic nitrogens is 2. The standard InChI is InChI=1S/C20H20N4/c1-3-24(4-2)17-11-9-15(10-12-17)13-16(14-21)20-22-18-7-5-6-8-19(18)23-20/h5-13H,3-4H2,1-2H3,(H,22,23)/b16-13-. The second kappa shape index (κ2) is 7.01. The summed E-state index contributed by atoms with van der Waals surface area (Å²) in [6, 6.07) is 18.3. The Kier molecular flexibility index (Phi) is 4.62. The Morgan fingerprint density at radius 3 is 2.46 bits per heavy atom. The zero-order valence-electron chi connectivity index (χ0n) is 14.0. The van der Waals surface area contributed by atoms with Crippen molar-refractivity contribution >= 4 is 28.4 Å². The van der Waals surface area contributed by atoms with Gasteiger partial charge in [0.15, 0.2) is 0 Å². The van der Waals surface area contributed by atoms with E-state index in [4.69, 9.17) is 0 Å². The van der Waals surface area contributed by atoms with Crippen molar-refractivity contribution in [1.82, 2.24) is 9.97 Å². The molecule has 3 rings (SSSR count). The van der Waals surface area contributed by atoms with Crippen LogP contribution in [0, 0.1) is 11.3 Å². The molecule has 1 aromatic heterocycles. The van der Waals surface area contributed by atoms with Crippen molar-refractivity contribution in [3.63, 3.8) is 0 Å². The summed E-state index contributed by atoms with van der Waals surface area (Å²) in [6.07, 6.45) is 1.86. The number of H-pyrrole nitrogens is 1. The van der Waals surface area contributed by atoms with E-state index in [9.17, 15) is 5.26 Å². The lowest BCUT2D eigenvalue weighted by Crippen LogP contribution is -2.21. The van der Waals surface area contributed by atoms with Gasteiger partial charge in [-0.1, -0.05) is 24.3 Å². The molecule has 0 fully saturated rings. The number of benzene rings is 2. The fraction of sp³-hybridized carbons (Fsp3) is 0.200. The molecule has 0 aliphatic carbocycles. The molecule has 0 saturated carbocycles. The first-order valence-corrected chi connectivity index (χ1v) is 8.17. The van der Waals surface area contributed by atoms with Crippen molar-refractivity contribution < 1.29 is 0 Å². The summed E-state index contributed by atoms with van der Waals surface area (Å²) in [7, 11) is 0. The van der Waals surface area contributed by atoms with Gasteiger partial charge in [-0.25, -0.2) is 4.98 Å². The number of nitrogens with one attached hydrogen (secondary N) is 1. The number of hydrogen-bond acceptors (Lipinski definition) is 3. The van der Waals surface area contributed by atoms with E-state index in [-0.39, 0.29) is 0 Å². The van der Waals surface area contributed by atoms with Crippen molar-refractivity contribution in [3.8, 4) is 6.07 Å². The van der Waals surface area contributed by atoms with Crippen LogP contribution in [-0.4, -0.2) is 23.1 Å². The van der Waals surface area contributed by atoms with Crippen molar-refractivity contribution in [3.05, 3.63) is 59.9 Å². The molecule has 0 amide bonds. The second-order valence-electron chi connectivity index (χ2n) is 5.54. The highest BCUT2D eigenvalue weighted by Gasteiger charge is 2.08. The number of nitrogens with zero attached hydrogens (tertiary/aromatic N) is 3. The molecule has 0 unspecified atom stereocenters. The molecule has 0 radical (unpaired) electrons. The second-order valence-corrected chi connectivity index (χ2v) is 5.54. The Labute approximate surface area is 142 Å². The first-order chi connectivity index (χ1) is 11.7. The fourth-order valence-corrected chi connectivity index (χ4v) is 2.77. The maximum Gasteiger partial charge on any atom is 0.149 e. The van der Waals surface area contributed by atoms with E-state index in [2.05, 4.69) is 46.9 Å². The van der Waals surface area contributed by atoms with Gasteiger partial charge in [-0.2, -0.15) is 5.26 Å². The van der Waals surface area contributed by atoms with Crippen molar-refractivity contribution in [1.29, 1.82) is 5.26 Å². The largest absolute Gasteiger partial charge is 0.372 e. The van der Waals surface area contributed by atoms with Crippen LogP contribution in [0.5, 0.6) is 0 Å². The average Bonchev–Trinajstić information content (AvgIpc) is 3.06. The summed E-state index contributed by atoms with van der Waals surface area (Å²) in [4.78, 5) is 9.99. The minimum atomic E-state index is 0.529. The van der Waals surface area contributed by atoms with Crippen molar-refractivity contribution in [2.24, 2.45) is 0 Å². The Morgan fingerprint density at radius 1 is 1.12 bits per heavy atom. The number of fused-ring (bicyclic) bond motifs is 1. The van der Waals surface area contributed by atoms with E-state index in [1.807, 2.05) is 42.5 Å². The average molecular weight is 316 g/mol. The van der Waals surface area contributed by atoms with Crippen LogP contribution in [0.2, 0.25) is 0 Å². The zero-order chi connectivity index (χ0) is 16.9. The van der Waals surface area contributed by atoms with Gasteiger partial charge in [-0.05, 0) is 49.8 Å². The molecule has 120 valence electrons. The van der Waals surface area contributed by atoms with E-state index < -0.39 is 0 Å². The quantitative estimate of drug-likeness (QED) is 0.706. The van der Waals surface area contributed by atoms with Gasteiger partial charge in [-0.3, -0.25) is 0 Å². The molecular weight excluding hydrogens is 296 g/mol. The molecule has 4 heteroatoms. The van der Waals surface area contributed by atoms with Crippen LogP contribution in [0.1, 0.15) is 25.2 Å². The molecule has 0 saturated heterocycles. The minimum Gasteiger partial charge on any atom is -0.372 e. The molecular formula is C20H20N4. The lowest BCUT2D eigenvalue weighted by Gasteiger charge is -2.20. The molecule has 0 spiro atoms. The van der Waals surface area contributed by atoms with Gasteiger partial charge < -0.3 is 9.88 Å². The topological polar surface area (TPSA) is 55.7 Å². The van der Waals surface area contributed by atoms with Gasteiger partial charge in [0.05, 0.1) is 16.6 Å². The Morgan fingerprint density at radius 2 is 1.83 bits per heavy atom. The van der Waals surface area contributed by atoms with Gasteiger partial charge in [-0.15, -0.1) is 0 Å². The maximum atomic E-state index is 9.50. The van der Waals surface area contributed by atoms with Crippen LogP contribution >= 0.6 is 0 Å². The summed E-state index contributed by atoms with van der Waals surface area (Å²) in [5.74, 6) is 0.603. The van der Waals surface area contributed by atoms with Crippen LogP contribution in [0.25, 0.3) is 22.7 Å². The van der Waals surface area contributed by atoms with Gasteiger partial charge in [0, 0.05) is 18.8 Å². The number of aromatic amines is 1. The third-order valence-corrected chi connectivity index (χ3v) is 4.10. The summed E-state index contributed by atoms with van der Waals surface area (Å²) in [5.41, 5.74) is 4.51. The van der Waals surface area contributed by atoms with E-state index in [1.165, 1.54) is 5.69 Å². The van der Waals surface area contributed by atoms with Gasteiger partial charge in [0.25, 0.3) is 0 Å². The number of anilines is 1. The molecule has 0 aliphatic rings. The van der Waals surface area contributed by atoms with Crippen LogP contribution < -0.4 is 4.90 Å². The van der Waals surface area contributed by atoms with Crippen molar-refractivity contribution in [2.45, 2.75) is 13.8 Å². The number of para-hydroxylation sites is 2. The van der Waals surface area contributed by atoms with Crippen LogP contribution in [0.3, 0.4) is 0 Å². The smallest absolute Gasteiger partial charge is 0.149 e. The van der Waals surface area contributed by atoms with Crippen LogP contribution in [0.15, 0.2) is 48.5 Å². The molecule has 3 aromatic rings.